The number of hydrogen-bond acceptors (Lipinski definition) is 2. The molecule has 0 radical (unpaired) electrons. The minimum atomic E-state index is -4.01. The van der Waals surface area contributed by atoms with Crippen molar-refractivity contribution < 1.29 is 17.9 Å². The molecule has 0 aromatic rings. The first-order chi connectivity index (χ1) is 8.35. The molecule has 1 N–H and O–H groups in total. The lowest BCUT2D eigenvalue weighted by Gasteiger charge is -2.38. The normalized spacial score (nSPS) is 29.5. The van der Waals surface area contributed by atoms with Crippen molar-refractivity contribution in [1.29, 1.82) is 0 Å². The van der Waals surface area contributed by atoms with Gasteiger partial charge in [0.05, 0.1) is 5.60 Å². The third-order valence-electron chi connectivity index (χ3n) is 3.66. The molecular weight excluding hydrogens is 243 g/mol. The first kappa shape index (κ1) is 15.8. The van der Waals surface area contributed by atoms with E-state index in [1.165, 1.54) is 0 Å². The fraction of sp³-hybridized carbons (Fsp3) is 1.00. The molecule has 108 valence electrons. The van der Waals surface area contributed by atoms with Gasteiger partial charge in [0.15, 0.2) is 0 Å². The van der Waals surface area contributed by atoms with Gasteiger partial charge in [-0.3, -0.25) is 0 Å². The Morgan fingerprint density at radius 2 is 2.06 bits per heavy atom. The molecule has 0 aromatic heterocycles. The third-order valence-corrected chi connectivity index (χ3v) is 3.66. The van der Waals surface area contributed by atoms with Crippen LogP contribution >= 0.6 is 0 Å². The molecule has 0 aliphatic carbocycles. The predicted octanol–water partition coefficient (Wildman–Crippen LogP) is 3.66. The van der Waals surface area contributed by atoms with Gasteiger partial charge in [-0.25, -0.2) is 0 Å². The Bertz CT molecular complexity index is 245. The van der Waals surface area contributed by atoms with Crippen molar-refractivity contribution in [2.24, 2.45) is 0 Å². The lowest BCUT2D eigenvalue weighted by atomic mass is 9.90. The largest absolute Gasteiger partial charge is 0.389 e. The van der Waals surface area contributed by atoms with Crippen LogP contribution in [0.25, 0.3) is 0 Å². The molecule has 1 rings (SSSR count). The molecule has 18 heavy (non-hydrogen) atoms. The standard InChI is InChI=1S/C13H24F3NO/c1-3-12(2)10-11(6-9-18-12)17-8-5-4-7-13(14,15)16/h11,17H,3-10H2,1-2H3. The van der Waals surface area contributed by atoms with Crippen LogP contribution in [-0.2, 0) is 4.74 Å². The average Bonchev–Trinajstić information content (AvgIpc) is 2.27. The van der Waals surface area contributed by atoms with Crippen molar-refractivity contribution in [3.05, 3.63) is 0 Å². The van der Waals surface area contributed by atoms with Crippen LogP contribution in [-0.4, -0.2) is 31.0 Å². The second-order valence-corrected chi connectivity index (χ2v) is 5.37. The Morgan fingerprint density at radius 1 is 1.33 bits per heavy atom. The van der Waals surface area contributed by atoms with Gasteiger partial charge >= 0.3 is 6.18 Å². The van der Waals surface area contributed by atoms with E-state index >= 15 is 0 Å². The molecule has 1 aliphatic heterocycles. The number of rotatable bonds is 6. The van der Waals surface area contributed by atoms with E-state index in [2.05, 4.69) is 19.2 Å². The molecule has 0 saturated carbocycles. The Kier molecular flexibility index (Phi) is 5.92. The topological polar surface area (TPSA) is 21.3 Å². The molecule has 2 unspecified atom stereocenters. The van der Waals surface area contributed by atoms with Crippen molar-refractivity contribution in [1.82, 2.24) is 5.32 Å². The smallest absolute Gasteiger partial charge is 0.375 e. The van der Waals surface area contributed by atoms with Crippen molar-refractivity contribution in [3.63, 3.8) is 0 Å². The maximum absolute atomic E-state index is 11.9. The number of unbranched alkanes of at least 4 members (excludes halogenated alkanes) is 1. The minimum Gasteiger partial charge on any atom is -0.375 e. The highest BCUT2D eigenvalue weighted by Gasteiger charge is 2.31. The van der Waals surface area contributed by atoms with Crippen LogP contribution in [0.1, 0.15) is 52.4 Å². The molecule has 5 heteroatoms. The van der Waals surface area contributed by atoms with Gasteiger partial charge in [0, 0.05) is 19.1 Å². The Hall–Kier alpha value is -0.290. The van der Waals surface area contributed by atoms with Crippen LogP contribution in [0.3, 0.4) is 0 Å². The van der Waals surface area contributed by atoms with Gasteiger partial charge in [0.25, 0.3) is 0 Å². The number of halogens is 3. The van der Waals surface area contributed by atoms with E-state index in [9.17, 15) is 13.2 Å². The molecule has 0 aromatic carbocycles. The van der Waals surface area contributed by atoms with E-state index in [1.54, 1.807) is 0 Å². The second kappa shape index (κ2) is 6.75. The van der Waals surface area contributed by atoms with Crippen molar-refractivity contribution in [3.8, 4) is 0 Å². The van der Waals surface area contributed by atoms with E-state index in [-0.39, 0.29) is 12.0 Å². The minimum absolute atomic E-state index is 0.0676. The summed E-state index contributed by atoms with van der Waals surface area (Å²) in [6, 6.07) is 0.384. The summed E-state index contributed by atoms with van der Waals surface area (Å²) in [5.74, 6) is 0. The van der Waals surface area contributed by atoms with Crippen molar-refractivity contribution in [2.45, 2.75) is 70.2 Å². The summed E-state index contributed by atoms with van der Waals surface area (Å²) in [4.78, 5) is 0. The average molecular weight is 267 g/mol. The zero-order chi connectivity index (χ0) is 13.6. The molecule has 0 spiro atoms. The van der Waals surface area contributed by atoms with Gasteiger partial charge in [-0.1, -0.05) is 6.92 Å². The molecule has 1 heterocycles. The second-order valence-electron chi connectivity index (χ2n) is 5.37. The summed E-state index contributed by atoms with van der Waals surface area (Å²) in [6.07, 6.45) is -1.02. The Labute approximate surface area is 107 Å². The molecule has 0 amide bonds. The molecule has 1 saturated heterocycles. The van der Waals surface area contributed by atoms with E-state index < -0.39 is 12.6 Å². The zero-order valence-electron chi connectivity index (χ0n) is 11.3. The van der Waals surface area contributed by atoms with Gasteiger partial charge in [0.1, 0.15) is 0 Å². The van der Waals surface area contributed by atoms with Crippen molar-refractivity contribution >= 4 is 0 Å². The fourth-order valence-corrected chi connectivity index (χ4v) is 2.31. The first-order valence-corrected chi connectivity index (χ1v) is 6.79. The molecule has 0 bridgehead atoms. The highest BCUT2D eigenvalue weighted by Crippen LogP contribution is 2.27. The van der Waals surface area contributed by atoms with E-state index in [0.29, 0.717) is 19.0 Å². The lowest BCUT2D eigenvalue weighted by molar-refractivity contribution is -0.135. The van der Waals surface area contributed by atoms with Gasteiger partial charge in [0.2, 0.25) is 0 Å². The SMILES string of the molecule is CCC1(C)CC(NCCCCC(F)(F)F)CCO1. The molecule has 1 aliphatic rings. The number of hydrogen-bond donors (Lipinski definition) is 1. The summed E-state index contributed by atoms with van der Waals surface area (Å²) in [5.41, 5.74) is -0.0676. The highest BCUT2D eigenvalue weighted by molar-refractivity contribution is 4.85. The van der Waals surface area contributed by atoms with Gasteiger partial charge < -0.3 is 10.1 Å². The Balaban J connectivity index is 2.12. The van der Waals surface area contributed by atoms with Gasteiger partial charge in [-0.15, -0.1) is 0 Å². The van der Waals surface area contributed by atoms with Gasteiger partial charge in [-0.05, 0) is 45.6 Å². The lowest BCUT2D eigenvalue weighted by Crippen LogP contribution is -2.45. The van der Waals surface area contributed by atoms with E-state index in [1.807, 2.05) is 0 Å². The summed E-state index contributed by atoms with van der Waals surface area (Å²) in [5, 5.41) is 3.35. The zero-order valence-corrected chi connectivity index (χ0v) is 11.3. The summed E-state index contributed by atoms with van der Waals surface area (Å²) < 4.78 is 41.6. The molecule has 1 fully saturated rings. The maximum atomic E-state index is 11.9. The number of nitrogens with one attached hydrogen (secondary N) is 1. The van der Waals surface area contributed by atoms with Crippen LogP contribution in [0.2, 0.25) is 0 Å². The number of alkyl halides is 3. The third kappa shape index (κ3) is 6.05. The van der Waals surface area contributed by atoms with Crippen molar-refractivity contribution in [2.75, 3.05) is 13.2 Å². The van der Waals surface area contributed by atoms with Crippen LogP contribution in [0.5, 0.6) is 0 Å². The fourth-order valence-electron chi connectivity index (χ4n) is 2.31. The molecular formula is C13H24F3NO. The number of ether oxygens (including phenoxy) is 1. The summed E-state index contributed by atoms with van der Waals surface area (Å²) in [6.45, 7) is 5.61. The molecule has 2 nitrogen and oxygen atoms in total. The quantitative estimate of drug-likeness (QED) is 0.742. The maximum Gasteiger partial charge on any atom is 0.389 e. The van der Waals surface area contributed by atoms with Crippen LogP contribution in [0, 0.1) is 0 Å². The highest BCUT2D eigenvalue weighted by atomic mass is 19.4. The first-order valence-electron chi connectivity index (χ1n) is 6.79. The molecule has 2 atom stereocenters. The van der Waals surface area contributed by atoms with Crippen LogP contribution in [0.15, 0.2) is 0 Å². The Morgan fingerprint density at radius 3 is 2.67 bits per heavy atom. The van der Waals surface area contributed by atoms with E-state index in [4.69, 9.17) is 4.74 Å². The van der Waals surface area contributed by atoms with Gasteiger partial charge in [-0.2, -0.15) is 13.2 Å². The van der Waals surface area contributed by atoms with Crippen LogP contribution in [0.4, 0.5) is 13.2 Å². The van der Waals surface area contributed by atoms with Crippen LogP contribution < -0.4 is 5.32 Å². The summed E-state index contributed by atoms with van der Waals surface area (Å²) >= 11 is 0. The monoisotopic (exact) mass is 267 g/mol. The van der Waals surface area contributed by atoms with E-state index in [0.717, 1.165) is 25.9 Å². The summed E-state index contributed by atoms with van der Waals surface area (Å²) in [7, 11) is 0. The predicted molar refractivity (Wildman–Crippen MR) is 65.6 cm³/mol.